The predicted octanol–water partition coefficient (Wildman–Crippen LogP) is 2.21. The van der Waals surface area contributed by atoms with E-state index in [1.165, 1.54) is 5.56 Å². The quantitative estimate of drug-likeness (QED) is 0.861. The van der Waals surface area contributed by atoms with E-state index in [0.29, 0.717) is 19.0 Å². The maximum Gasteiger partial charge on any atom is 0.227 e. The molecule has 1 saturated carbocycles. The predicted molar refractivity (Wildman–Crippen MR) is 99.4 cm³/mol. The molecule has 0 radical (unpaired) electrons. The number of nitrogens with two attached hydrogens (primary N) is 1. The lowest BCUT2D eigenvalue weighted by Gasteiger charge is -2.31. The largest absolute Gasteiger partial charge is 0.349 e. The van der Waals surface area contributed by atoms with Gasteiger partial charge in [-0.2, -0.15) is 0 Å². The highest BCUT2D eigenvalue weighted by Crippen LogP contribution is 2.39. The van der Waals surface area contributed by atoms with E-state index in [9.17, 15) is 9.59 Å². The molecule has 5 nitrogen and oxygen atoms in total. The topological polar surface area (TPSA) is 75.4 Å². The number of nitrogens with one attached hydrogen (secondary N) is 1. The van der Waals surface area contributed by atoms with E-state index in [1.54, 1.807) is 4.90 Å². The van der Waals surface area contributed by atoms with E-state index in [4.69, 9.17) is 5.73 Å². The summed E-state index contributed by atoms with van der Waals surface area (Å²) in [5.74, 6) is 0.141. The van der Waals surface area contributed by atoms with Crippen LogP contribution in [0, 0.1) is 32.6 Å². The summed E-state index contributed by atoms with van der Waals surface area (Å²) >= 11 is 0. The van der Waals surface area contributed by atoms with E-state index >= 15 is 0 Å². The highest BCUT2D eigenvalue weighted by Gasteiger charge is 2.44. The molecule has 2 amide bonds. The fourth-order valence-corrected chi connectivity index (χ4v) is 4.12. The lowest BCUT2D eigenvalue weighted by atomic mass is 9.94. The Morgan fingerprint density at radius 3 is 2.40 bits per heavy atom. The molecule has 1 aromatic rings. The van der Waals surface area contributed by atoms with E-state index in [2.05, 4.69) is 24.4 Å². The van der Waals surface area contributed by atoms with Crippen LogP contribution in [-0.4, -0.2) is 30.4 Å². The summed E-state index contributed by atoms with van der Waals surface area (Å²) in [6.45, 7) is 9.00. The normalized spacial score (nSPS) is 22.8. The standard InChI is InChI=1S/C20H29N3O2/c1-12-7-13(2)18(14(3)8-12)23-10-15(9-17(23)24)19(25)22-20(4,11-21)16-5-6-16/h7-8,15-16H,5-6,9-11,21H2,1-4H3,(H,22,25). The first kappa shape index (κ1) is 17.9. The van der Waals surface area contributed by atoms with Gasteiger partial charge in [-0.05, 0) is 57.6 Å². The molecule has 1 aliphatic heterocycles. The van der Waals surface area contributed by atoms with Gasteiger partial charge in [-0.1, -0.05) is 17.7 Å². The van der Waals surface area contributed by atoms with Crippen LogP contribution in [0.4, 0.5) is 5.69 Å². The number of carbonyl (C=O) groups is 2. The Kier molecular flexibility index (Phi) is 4.62. The van der Waals surface area contributed by atoms with Crippen molar-refractivity contribution in [2.24, 2.45) is 17.6 Å². The summed E-state index contributed by atoms with van der Waals surface area (Å²) in [6.07, 6.45) is 2.50. The number of amides is 2. The van der Waals surface area contributed by atoms with Crippen LogP contribution >= 0.6 is 0 Å². The molecule has 2 unspecified atom stereocenters. The zero-order valence-electron chi connectivity index (χ0n) is 15.7. The second-order valence-corrected chi connectivity index (χ2v) is 8.04. The fraction of sp³-hybridized carbons (Fsp3) is 0.600. The number of anilines is 1. The number of rotatable bonds is 5. The third-order valence-corrected chi connectivity index (χ3v) is 5.71. The van der Waals surface area contributed by atoms with Gasteiger partial charge in [0.05, 0.1) is 11.5 Å². The molecule has 2 atom stereocenters. The van der Waals surface area contributed by atoms with Crippen LogP contribution in [0.5, 0.6) is 0 Å². The number of aryl methyl sites for hydroxylation is 3. The van der Waals surface area contributed by atoms with Crippen molar-refractivity contribution >= 4 is 17.5 Å². The van der Waals surface area contributed by atoms with Crippen molar-refractivity contribution in [3.8, 4) is 0 Å². The van der Waals surface area contributed by atoms with Gasteiger partial charge in [-0.3, -0.25) is 9.59 Å². The minimum absolute atomic E-state index is 0.0241. The van der Waals surface area contributed by atoms with Gasteiger partial charge in [0.2, 0.25) is 11.8 Å². The van der Waals surface area contributed by atoms with Crippen LogP contribution in [0.15, 0.2) is 12.1 Å². The van der Waals surface area contributed by atoms with Gasteiger partial charge < -0.3 is 16.0 Å². The monoisotopic (exact) mass is 343 g/mol. The van der Waals surface area contributed by atoms with Crippen LogP contribution in [0.1, 0.15) is 42.9 Å². The molecule has 1 saturated heterocycles. The van der Waals surface area contributed by atoms with E-state index in [-0.39, 0.29) is 29.7 Å². The summed E-state index contributed by atoms with van der Waals surface area (Å²) in [7, 11) is 0. The van der Waals surface area contributed by atoms with Gasteiger partial charge >= 0.3 is 0 Å². The van der Waals surface area contributed by atoms with Crippen LogP contribution in [0.2, 0.25) is 0 Å². The number of benzene rings is 1. The van der Waals surface area contributed by atoms with Crippen molar-refractivity contribution in [1.29, 1.82) is 0 Å². The minimum Gasteiger partial charge on any atom is -0.349 e. The first-order valence-corrected chi connectivity index (χ1v) is 9.15. The molecule has 3 rings (SSSR count). The first-order valence-electron chi connectivity index (χ1n) is 9.15. The average molecular weight is 343 g/mol. The fourth-order valence-electron chi connectivity index (χ4n) is 4.12. The highest BCUT2D eigenvalue weighted by molar-refractivity contribution is 6.01. The molecule has 2 fully saturated rings. The Morgan fingerprint density at radius 1 is 1.28 bits per heavy atom. The minimum atomic E-state index is -0.344. The van der Waals surface area contributed by atoms with Crippen LogP contribution in [0.3, 0.4) is 0 Å². The molecule has 25 heavy (non-hydrogen) atoms. The van der Waals surface area contributed by atoms with Crippen molar-refractivity contribution in [3.63, 3.8) is 0 Å². The molecule has 1 aromatic carbocycles. The maximum absolute atomic E-state index is 12.8. The smallest absolute Gasteiger partial charge is 0.227 e. The second kappa shape index (κ2) is 6.45. The highest BCUT2D eigenvalue weighted by atomic mass is 16.2. The lowest BCUT2D eigenvalue weighted by Crippen LogP contribution is -2.54. The number of carbonyl (C=O) groups excluding carboxylic acids is 2. The van der Waals surface area contributed by atoms with E-state index in [0.717, 1.165) is 29.7 Å². The van der Waals surface area contributed by atoms with Gasteiger partial charge in [0.1, 0.15) is 0 Å². The molecule has 1 aliphatic carbocycles. The van der Waals surface area contributed by atoms with E-state index < -0.39 is 0 Å². The lowest BCUT2D eigenvalue weighted by molar-refractivity contribution is -0.128. The molecule has 3 N–H and O–H groups in total. The first-order chi connectivity index (χ1) is 11.7. The van der Waals surface area contributed by atoms with Gasteiger partial charge in [0, 0.05) is 25.2 Å². The van der Waals surface area contributed by atoms with E-state index in [1.807, 2.05) is 20.8 Å². The number of hydrogen-bond donors (Lipinski definition) is 2. The Morgan fingerprint density at radius 2 is 1.88 bits per heavy atom. The molecule has 2 aliphatic rings. The molecule has 136 valence electrons. The zero-order chi connectivity index (χ0) is 18.4. The van der Waals surface area contributed by atoms with Crippen LogP contribution < -0.4 is 16.0 Å². The third kappa shape index (κ3) is 3.43. The molecule has 0 aromatic heterocycles. The molecular formula is C20H29N3O2. The summed E-state index contributed by atoms with van der Waals surface area (Å²) in [4.78, 5) is 27.1. The van der Waals surface area contributed by atoms with Gasteiger partial charge in [0.25, 0.3) is 0 Å². The Balaban J connectivity index is 1.75. The van der Waals surface area contributed by atoms with Crippen molar-refractivity contribution < 1.29 is 9.59 Å². The van der Waals surface area contributed by atoms with Gasteiger partial charge in [-0.15, -0.1) is 0 Å². The third-order valence-electron chi connectivity index (χ3n) is 5.71. The van der Waals surface area contributed by atoms with Gasteiger partial charge in [0.15, 0.2) is 0 Å². The Bertz CT molecular complexity index is 688. The molecule has 1 heterocycles. The van der Waals surface area contributed by atoms with Crippen LogP contribution in [-0.2, 0) is 9.59 Å². The Hall–Kier alpha value is -1.88. The second-order valence-electron chi connectivity index (χ2n) is 8.04. The van der Waals surface area contributed by atoms with Crippen molar-refractivity contribution in [1.82, 2.24) is 5.32 Å². The molecule has 0 bridgehead atoms. The molecule has 0 spiro atoms. The summed E-state index contributed by atoms with van der Waals surface area (Å²) in [5, 5.41) is 3.14. The van der Waals surface area contributed by atoms with Gasteiger partial charge in [-0.25, -0.2) is 0 Å². The summed E-state index contributed by atoms with van der Waals surface area (Å²) in [5.41, 5.74) is 9.86. The molecule has 5 heteroatoms. The SMILES string of the molecule is Cc1cc(C)c(N2CC(C(=O)NC(C)(CN)C3CC3)CC2=O)c(C)c1. The van der Waals surface area contributed by atoms with Crippen LogP contribution in [0.25, 0.3) is 0 Å². The van der Waals surface area contributed by atoms with Crippen molar-refractivity contribution in [3.05, 3.63) is 28.8 Å². The summed E-state index contributed by atoms with van der Waals surface area (Å²) < 4.78 is 0. The maximum atomic E-state index is 12.8. The van der Waals surface area contributed by atoms with Crippen molar-refractivity contribution in [2.45, 2.75) is 52.5 Å². The molecular weight excluding hydrogens is 314 g/mol. The Labute approximate surface area is 150 Å². The number of hydrogen-bond acceptors (Lipinski definition) is 3. The zero-order valence-corrected chi connectivity index (χ0v) is 15.7. The summed E-state index contributed by atoms with van der Waals surface area (Å²) in [6, 6.07) is 4.17. The number of nitrogens with zero attached hydrogens (tertiary/aromatic N) is 1. The van der Waals surface area contributed by atoms with Crippen molar-refractivity contribution in [2.75, 3.05) is 18.0 Å². The average Bonchev–Trinajstić information content (AvgIpc) is 3.31.